The second kappa shape index (κ2) is 3.12. The van der Waals surface area contributed by atoms with Gasteiger partial charge in [-0.25, -0.2) is 0 Å². The molecular formula is C7H12O3. The van der Waals surface area contributed by atoms with Crippen LogP contribution in [0.4, 0.5) is 0 Å². The zero-order chi connectivity index (χ0) is 7.56. The molecule has 0 heterocycles. The third kappa shape index (κ3) is 1.36. The van der Waals surface area contributed by atoms with E-state index in [-0.39, 0.29) is 18.3 Å². The highest BCUT2D eigenvalue weighted by Gasteiger charge is 2.28. The molecule has 0 aromatic heterocycles. The Morgan fingerprint density at radius 2 is 2.20 bits per heavy atom. The fraction of sp³-hybridized carbons (Fsp3) is 0.857. The average Bonchev–Trinajstić information content (AvgIpc) is 1.95. The van der Waals surface area contributed by atoms with Crippen LogP contribution in [0.1, 0.15) is 19.3 Å². The number of aliphatic hydroxyl groups excluding tert-OH is 2. The van der Waals surface area contributed by atoms with E-state index < -0.39 is 6.10 Å². The first-order chi connectivity index (χ1) is 4.75. The van der Waals surface area contributed by atoms with Crippen LogP contribution in [0.5, 0.6) is 0 Å². The minimum Gasteiger partial charge on any atom is -0.396 e. The van der Waals surface area contributed by atoms with Gasteiger partial charge in [0.2, 0.25) is 0 Å². The van der Waals surface area contributed by atoms with Gasteiger partial charge in [0.15, 0.2) is 5.78 Å². The summed E-state index contributed by atoms with van der Waals surface area (Å²) in [7, 11) is 0. The Morgan fingerprint density at radius 1 is 1.50 bits per heavy atom. The van der Waals surface area contributed by atoms with E-state index in [0.29, 0.717) is 6.42 Å². The first-order valence-corrected chi connectivity index (χ1v) is 3.58. The predicted octanol–water partition coefficient (Wildman–Crippen LogP) is -0.291. The molecule has 2 N–H and O–H groups in total. The molecule has 1 aliphatic carbocycles. The van der Waals surface area contributed by atoms with Crippen LogP contribution < -0.4 is 0 Å². The van der Waals surface area contributed by atoms with Gasteiger partial charge in [0.05, 0.1) is 6.61 Å². The highest BCUT2D eigenvalue weighted by atomic mass is 16.3. The number of hydrogen-bond acceptors (Lipinski definition) is 3. The molecule has 0 bridgehead atoms. The van der Waals surface area contributed by atoms with Gasteiger partial charge in [0.25, 0.3) is 0 Å². The summed E-state index contributed by atoms with van der Waals surface area (Å²) in [6.45, 7) is -0.115. The van der Waals surface area contributed by atoms with Crippen LogP contribution in [0.15, 0.2) is 0 Å². The Morgan fingerprint density at radius 3 is 2.70 bits per heavy atom. The van der Waals surface area contributed by atoms with E-state index >= 15 is 0 Å². The standard InChI is InChI=1S/C7H12O3/c8-4-5-2-1-3-6(9)7(5)10/h5-6,8-9H,1-4H2. The summed E-state index contributed by atoms with van der Waals surface area (Å²) >= 11 is 0. The maximum absolute atomic E-state index is 10.9. The lowest BCUT2D eigenvalue weighted by atomic mass is 9.87. The molecule has 3 nitrogen and oxygen atoms in total. The lowest BCUT2D eigenvalue weighted by molar-refractivity contribution is -0.135. The molecule has 2 unspecified atom stereocenters. The highest BCUT2D eigenvalue weighted by Crippen LogP contribution is 2.20. The van der Waals surface area contributed by atoms with E-state index in [1.807, 2.05) is 0 Å². The van der Waals surface area contributed by atoms with Crippen molar-refractivity contribution in [3.63, 3.8) is 0 Å². The van der Waals surface area contributed by atoms with E-state index in [2.05, 4.69) is 0 Å². The van der Waals surface area contributed by atoms with Crippen molar-refractivity contribution in [1.29, 1.82) is 0 Å². The molecule has 0 aromatic rings. The summed E-state index contributed by atoms with van der Waals surface area (Å²) in [6.07, 6.45) is 1.32. The quantitative estimate of drug-likeness (QED) is 0.531. The maximum Gasteiger partial charge on any atom is 0.166 e. The van der Waals surface area contributed by atoms with Crippen molar-refractivity contribution >= 4 is 5.78 Å². The van der Waals surface area contributed by atoms with Crippen LogP contribution in [0.2, 0.25) is 0 Å². The number of ketones is 1. The summed E-state index contributed by atoms with van der Waals surface area (Å²) < 4.78 is 0. The second-order valence-electron chi connectivity index (χ2n) is 2.73. The summed E-state index contributed by atoms with van der Waals surface area (Å²) in [6, 6.07) is 0. The Labute approximate surface area is 59.7 Å². The predicted molar refractivity (Wildman–Crippen MR) is 35.4 cm³/mol. The van der Waals surface area contributed by atoms with E-state index in [1.54, 1.807) is 0 Å². The van der Waals surface area contributed by atoms with Gasteiger partial charge in [-0.05, 0) is 19.3 Å². The molecule has 0 saturated heterocycles. The molecule has 2 atom stereocenters. The van der Waals surface area contributed by atoms with Crippen LogP contribution in [-0.2, 0) is 4.79 Å². The fourth-order valence-corrected chi connectivity index (χ4v) is 1.30. The number of carbonyl (C=O) groups excluding carboxylic acids is 1. The normalized spacial score (nSPS) is 34.4. The monoisotopic (exact) mass is 144 g/mol. The highest BCUT2D eigenvalue weighted by molar-refractivity contribution is 5.85. The summed E-state index contributed by atoms with van der Waals surface area (Å²) in [5.41, 5.74) is 0. The molecule has 1 saturated carbocycles. The molecule has 10 heavy (non-hydrogen) atoms. The number of carbonyl (C=O) groups is 1. The zero-order valence-electron chi connectivity index (χ0n) is 5.79. The zero-order valence-corrected chi connectivity index (χ0v) is 5.79. The lowest BCUT2D eigenvalue weighted by Gasteiger charge is -2.22. The molecule has 0 aromatic carbocycles. The molecule has 0 spiro atoms. The van der Waals surface area contributed by atoms with Crippen LogP contribution in [-0.4, -0.2) is 28.7 Å². The minimum absolute atomic E-state index is 0.115. The van der Waals surface area contributed by atoms with Crippen molar-refractivity contribution in [3.8, 4) is 0 Å². The summed E-state index contributed by atoms with van der Waals surface area (Å²) in [4.78, 5) is 10.9. The molecule has 3 heteroatoms. The molecule has 1 rings (SSSR count). The van der Waals surface area contributed by atoms with Crippen LogP contribution in [0, 0.1) is 5.92 Å². The Balaban J connectivity index is 2.51. The third-order valence-electron chi connectivity index (χ3n) is 1.98. The SMILES string of the molecule is O=C1C(O)CCCC1CO. The van der Waals surface area contributed by atoms with E-state index in [4.69, 9.17) is 10.2 Å². The molecule has 0 radical (unpaired) electrons. The number of aliphatic hydroxyl groups is 2. The van der Waals surface area contributed by atoms with E-state index in [9.17, 15) is 4.79 Å². The largest absolute Gasteiger partial charge is 0.396 e. The minimum atomic E-state index is -0.814. The van der Waals surface area contributed by atoms with Crippen LogP contribution >= 0.6 is 0 Å². The van der Waals surface area contributed by atoms with Gasteiger partial charge in [-0.15, -0.1) is 0 Å². The molecular weight excluding hydrogens is 132 g/mol. The van der Waals surface area contributed by atoms with Gasteiger partial charge in [0.1, 0.15) is 6.10 Å². The van der Waals surface area contributed by atoms with Crippen molar-refractivity contribution in [3.05, 3.63) is 0 Å². The van der Waals surface area contributed by atoms with Crippen molar-refractivity contribution in [2.75, 3.05) is 6.61 Å². The Kier molecular flexibility index (Phi) is 2.40. The smallest absolute Gasteiger partial charge is 0.166 e. The van der Waals surface area contributed by atoms with Gasteiger partial charge in [-0.3, -0.25) is 4.79 Å². The van der Waals surface area contributed by atoms with E-state index in [1.165, 1.54) is 0 Å². The van der Waals surface area contributed by atoms with Crippen LogP contribution in [0.3, 0.4) is 0 Å². The molecule has 58 valence electrons. The van der Waals surface area contributed by atoms with Gasteiger partial charge in [-0.1, -0.05) is 0 Å². The molecule has 1 aliphatic rings. The maximum atomic E-state index is 10.9. The van der Waals surface area contributed by atoms with Crippen molar-refractivity contribution in [1.82, 2.24) is 0 Å². The Hall–Kier alpha value is -0.410. The topological polar surface area (TPSA) is 57.5 Å². The number of Topliss-reactive ketones (excluding diaryl/α,β-unsaturated/α-hetero) is 1. The fourth-order valence-electron chi connectivity index (χ4n) is 1.30. The van der Waals surface area contributed by atoms with Gasteiger partial charge < -0.3 is 10.2 Å². The molecule has 1 fully saturated rings. The van der Waals surface area contributed by atoms with Crippen LogP contribution in [0.25, 0.3) is 0 Å². The van der Waals surface area contributed by atoms with Gasteiger partial charge in [-0.2, -0.15) is 0 Å². The van der Waals surface area contributed by atoms with Crippen molar-refractivity contribution in [2.45, 2.75) is 25.4 Å². The average molecular weight is 144 g/mol. The lowest BCUT2D eigenvalue weighted by Crippen LogP contribution is -2.34. The van der Waals surface area contributed by atoms with E-state index in [0.717, 1.165) is 12.8 Å². The summed E-state index contributed by atoms with van der Waals surface area (Å²) in [5, 5.41) is 17.7. The molecule has 0 aliphatic heterocycles. The molecule has 0 amide bonds. The summed E-state index contributed by atoms with van der Waals surface area (Å²) in [5.74, 6) is -0.488. The first kappa shape index (κ1) is 7.69. The third-order valence-corrected chi connectivity index (χ3v) is 1.98. The second-order valence-corrected chi connectivity index (χ2v) is 2.73. The number of rotatable bonds is 1. The Bertz CT molecular complexity index is 133. The number of hydrogen-bond donors (Lipinski definition) is 2. The first-order valence-electron chi connectivity index (χ1n) is 3.58. The van der Waals surface area contributed by atoms with Crippen molar-refractivity contribution < 1.29 is 15.0 Å². The van der Waals surface area contributed by atoms with Gasteiger partial charge in [0, 0.05) is 5.92 Å². The van der Waals surface area contributed by atoms with Crippen molar-refractivity contribution in [2.24, 2.45) is 5.92 Å². The van der Waals surface area contributed by atoms with Gasteiger partial charge >= 0.3 is 0 Å².